The Morgan fingerprint density at radius 1 is 1.15 bits per heavy atom. The molecule has 134 valence electrons. The SMILES string of the molecule is CC(=O)N(c1cccc(Cl)c1)c1nc(COc2cc(Cl)ccc2Cl)cs1. The monoisotopic (exact) mass is 426 g/mol. The Morgan fingerprint density at radius 2 is 1.92 bits per heavy atom. The van der Waals surface area contributed by atoms with Crippen molar-refractivity contribution >= 4 is 62.9 Å². The van der Waals surface area contributed by atoms with Crippen molar-refractivity contribution in [3.05, 3.63) is 68.6 Å². The summed E-state index contributed by atoms with van der Waals surface area (Å²) in [6.45, 7) is 1.68. The van der Waals surface area contributed by atoms with Gasteiger partial charge in [-0.25, -0.2) is 4.98 Å². The van der Waals surface area contributed by atoms with Gasteiger partial charge in [0.2, 0.25) is 5.91 Å². The second-order valence-corrected chi connectivity index (χ2v) is 7.44. The Bertz CT molecular complexity index is 946. The van der Waals surface area contributed by atoms with Crippen molar-refractivity contribution in [2.24, 2.45) is 0 Å². The van der Waals surface area contributed by atoms with Gasteiger partial charge in [0.25, 0.3) is 0 Å². The molecular formula is C18H13Cl3N2O2S. The van der Waals surface area contributed by atoms with Crippen LogP contribution in [0.5, 0.6) is 5.75 Å². The summed E-state index contributed by atoms with van der Waals surface area (Å²) in [5.74, 6) is 0.318. The zero-order chi connectivity index (χ0) is 18.7. The van der Waals surface area contributed by atoms with Gasteiger partial charge < -0.3 is 4.74 Å². The number of carbonyl (C=O) groups is 1. The molecule has 0 aliphatic rings. The van der Waals surface area contributed by atoms with Crippen molar-refractivity contribution in [1.82, 2.24) is 4.98 Å². The fraction of sp³-hybridized carbons (Fsp3) is 0.111. The van der Waals surface area contributed by atoms with Crippen molar-refractivity contribution in [3.63, 3.8) is 0 Å². The van der Waals surface area contributed by atoms with E-state index in [0.29, 0.717) is 37.3 Å². The normalized spacial score (nSPS) is 10.6. The molecule has 0 aliphatic heterocycles. The Balaban J connectivity index is 1.79. The molecule has 0 unspecified atom stereocenters. The molecular weight excluding hydrogens is 415 g/mol. The highest BCUT2D eigenvalue weighted by Crippen LogP contribution is 2.32. The number of thiazole rings is 1. The molecule has 4 nitrogen and oxygen atoms in total. The molecule has 1 aromatic heterocycles. The third kappa shape index (κ3) is 4.48. The smallest absolute Gasteiger partial charge is 0.230 e. The van der Waals surface area contributed by atoms with Crippen LogP contribution in [0.1, 0.15) is 12.6 Å². The van der Waals surface area contributed by atoms with E-state index >= 15 is 0 Å². The van der Waals surface area contributed by atoms with Crippen LogP contribution in [0, 0.1) is 0 Å². The summed E-state index contributed by atoms with van der Waals surface area (Å²) >= 11 is 19.4. The first-order valence-electron chi connectivity index (χ1n) is 7.52. The van der Waals surface area contributed by atoms with E-state index in [1.54, 1.807) is 42.5 Å². The van der Waals surface area contributed by atoms with Gasteiger partial charge in [-0.1, -0.05) is 40.9 Å². The minimum atomic E-state index is -0.160. The van der Waals surface area contributed by atoms with Crippen LogP contribution in [-0.2, 0) is 11.4 Å². The second kappa shape index (κ2) is 8.27. The number of carbonyl (C=O) groups excluding carboxylic acids is 1. The molecule has 0 bridgehead atoms. The number of hydrogen-bond donors (Lipinski definition) is 0. The van der Waals surface area contributed by atoms with E-state index in [2.05, 4.69) is 4.98 Å². The summed E-state index contributed by atoms with van der Waals surface area (Å²) in [4.78, 5) is 18.1. The number of aromatic nitrogens is 1. The van der Waals surface area contributed by atoms with E-state index in [-0.39, 0.29) is 12.5 Å². The maximum absolute atomic E-state index is 12.1. The number of halogens is 3. The van der Waals surface area contributed by atoms with Gasteiger partial charge in [-0.05, 0) is 30.3 Å². The van der Waals surface area contributed by atoms with Crippen LogP contribution in [-0.4, -0.2) is 10.9 Å². The van der Waals surface area contributed by atoms with E-state index in [4.69, 9.17) is 39.5 Å². The van der Waals surface area contributed by atoms with Crippen molar-refractivity contribution in [1.29, 1.82) is 0 Å². The number of amides is 1. The highest BCUT2D eigenvalue weighted by molar-refractivity contribution is 7.14. The third-order valence-corrected chi connectivity index (χ3v) is 5.04. The summed E-state index contributed by atoms with van der Waals surface area (Å²) in [5, 5.41) is 3.91. The Hall–Kier alpha value is -1.79. The van der Waals surface area contributed by atoms with Crippen LogP contribution in [0.2, 0.25) is 15.1 Å². The Labute approximate surface area is 169 Å². The number of anilines is 2. The van der Waals surface area contributed by atoms with E-state index in [1.807, 2.05) is 5.38 Å². The third-order valence-electron chi connectivity index (χ3n) is 3.38. The van der Waals surface area contributed by atoms with Gasteiger partial charge in [0.05, 0.1) is 16.4 Å². The molecule has 0 saturated carbocycles. The number of hydrogen-bond acceptors (Lipinski definition) is 4. The number of ether oxygens (including phenoxy) is 1. The molecule has 0 aliphatic carbocycles. The largest absolute Gasteiger partial charge is 0.486 e. The maximum Gasteiger partial charge on any atom is 0.230 e. The number of rotatable bonds is 5. The fourth-order valence-corrected chi connectivity index (χ4v) is 3.64. The molecule has 8 heteroatoms. The van der Waals surface area contributed by atoms with Crippen LogP contribution < -0.4 is 9.64 Å². The minimum absolute atomic E-state index is 0.160. The van der Waals surface area contributed by atoms with E-state index in [1.165, 1.54) is 23.2 Å². The first-order valence-corrected chi connectivity index (χ1v) is 9.54. The van der Waals surface area contributed by atoms with E-state index in [9.17, 15) is 4.79 Å². The topological polar surface area (TPSA) is 42.4 Å². The molecule has 0 spiro atoms. The van der Waals surface area contributed by atoms with E-state index < -0.39 is 0 Å². The molecule has 2 aromatic carbocycles. The molecule has 1 amide bonds. The van der Waals surface area contributed by atoms with Gasteiger partial charge >= 0.3 is 0 Å². The molecule has 26 heavy (non-hydrogen) atoms. The zero-order valence-electron chi connectivity index (χ0n) is 13.6. The standard InChI is InChI=1S/C18H13Cl3N2O2S/c1-11(24)23(15-4-2-3-12(19)7-15)18-22-14(10-26-18)9-25-17-8-13(20)5-6-16(17)21/h2-8,10H,9H2,1H3. The van der Waals surface area contributed by atoms with Crippen molar-refractivity contribution in [3.8, 4) is 5.75 Å². The lowest BCUT2D eigenvalue weighted by Crippen LogP contribution is -2.22. The quantitative estimate of drug-likeness (QED) is 0.475. The van der Waals surface area contributed by atoms with Crippen LogP contribution >= 0.6 is 46.1 Å². The molecule has 3 rings (SSSR count). The number of benzene rings is 2. The molecule has 0 radical (unpaired) electrons. The maximum atomic E-state index is 12.1. The average molecular weight is 428 g/mol. The van der Waals surface area contributed by atoms with Gasteiger partial charge in [-0.15, -0.1) is 11.3 Å². The van der Waals surface area contributed by atoms with Gasteiger partial charge in [0, 0.05) is 28.4 Å². The fourth-order valence-electron chi connectivity index (χ4n) is 2.25. The first kappa shape index (κ1) is 19.0. The summed E-state index contributed by atoms with van der Waals surface area (Å²) in [7, 11) is 0. The van der Waals surface area contributed by atoms with Gasteiger partial charge in [0.15, 0.2) is 5.13 Å². The molecule has 0 N–H and O–H groups in total. The minimum Gasteiger partial charge on any atom is -0.486 e. The highest BCUT2D eigenvalue weighted by Gasteiger charge is 2.18. The summed E-state index contributed by atoms with van der Waals surface area (Å²) in [5.41, 5.74) is 1.33. The molecule has 0 saturated heterocycles. The zero-order valence-corrected chi connectivity index (χ0v) is 16.7. The predicted molar refractivity (Wildman–Crippen MR) is 107 cm³/mol. The van der Waals surface area contributed by atoms with Crippen molar-refractivity contribution in [2.75, 3.05) is 4.90 Å². The predicted octanol–water partition coefficient (Wildman–Crippen LogP) is 6.37. The summed E-state index contributed by atoms with van der Waals surface area (Å²) < 4.78 is 5.69. The Morgan fingerprint density at radius 3 is 2.65 bits per heavy atom. The van der Waals surface area contributed by atoms with Gasteiger partial charge in [-0.2, -0.15) is 0 Å². The van der Waals surface area contributed by atoms with Gasteiger partial charge in [-0.3, -0.25) is 9.69 Å². The highest BCUT2D eigenvalue weighted by atomic mass is 35.5. The molecule has 3 aromatic rings. The molecule has 0 fully saturated rings. The Kier molecular flexibility index (Phi) is 6.04. The molecule has 0 atom stereocenters. The summed E-state index contributed by atoms with van der Waals surface area (Å²) in [6.07, 6.45) is 0. The van der Waals surface area contributed by atoms with Crippen LogP contribution in [0.25, 0.3) is 0 Å². The first-order chi connectivity index (χ1) is 12.4. The molecule has 1 heterocycles. The lowest BCUT2D eigenvalue weighted by Gasteiger charge is -2.18. The van der Waals surface area contributed by atoms with Gasteiger partial charge in [0.1, 0.15) is 12.4 Å². The average Bonchev–Trinajstić information content (AvgIpc) is 3.04. The van der Waals surface area contributed by atoms with Crippen LogP contribution in [0.3, 0.4) is 0 Å². The van der Waals surface area contributed by atoms with Crippen LogP contribution in [0.15, 0.2) is 47.8 Å². The lowest BCUT2D eigenvalue weighted by atomic mass is 10.3. The summed E-state index contributed by atoms with van der Waals surface area (Å²) in [6, 6.07) is 12.1. The van der Waals surface area contributed by atoms with E-state index in [0.717, 1.165) is 0 Å². The van der Waals surface area contributed by atoms with Crippen LogP contribution in [0.4, 0.5) is 10.8 Å². The van der Waals surface area contributed by atoms with Crippen molar-refractivity contribution in [2.45, 2.75) is 13.5 Å². The lowest BCUT2D eigenvalue weighted by molar-refractivity contribution is -0.115. The van der Waals surface area contributed by atoms with Crippen molar-refractivity contribution < 1.29 is 9.53 Å². The number of nitrogens with zero attached hydrogens (tertiary/aromatic N) is 2. The second-order valence-electron chi connectivity index (χ2n) is 5.32.